The van der Waals surface area contributed by atoms with E-state index in [1.807, 2.05) is 0 Å². The summed E-state index contributed by atoms with van der Waals surface area (Å²) in [5.41, 5.74) is 0.948. The third kappa shape index (κ3) is 2.69. The first-order valence-corrected chi connectivity index (χ1v) is 7.23. The van der Waals surface area contributed by atoms with Crippen LogP contribution in [0.25, 0.3) is 0 Å². The van der Waals surface area contributed by atoms with Gasteiger partial charge in [0.25, 0.3) is 11.8 Å². The number of anilines is 1. The summed E-state index contributed by atoms with van der Waals surface area (Å²) < 4.78 is 4.82. The number of hydrogen-bond acceptors (Lipinski definition) is 5. The minimum absolute atomic E-state index is 0.117. The first kappa shape index (κ1) is 15.6. The van der Waals surface area contributed by atoms with Crippen LogP contribution >= 0.6 is 0 Å². The molecule has 0 fully saturated rings. The van der Waals surface area contributed by atoms with Gasteiger partial charge in [0.2, 0.25) is 0 Å². The van der Waals surface area contributed by atoms with Crippen LogP contribution in [0.2, 0.25) is 0 Å². The molecule has 2 aromatic carbocycles. The van der Waals surface area contributed by atoms with Gasteiger partial charge in [-0.2, -0.15) is 0 Å². The lowest BCUT2D eigenvalue weighted by Crippen LogP contribution is -2.29. The maximum absolute atomic E-state index is 12.5. The average molecular weight is 323 g/mol. The Bertz CT molecular complexity index is 857. The van der Waals surface area contributed by atoms with Gasteiger partial charge in [-0.3, -0.25) is 14.4 Å². The number of esters is 1. The smallest absolute Gasteiger partial charge is 0.338 e. The Morgan fingerprint density at radius 1 is 0.958 bits per heavy atom. The van der Waals surface area contributed by atoms with E-state index in [2.05, 4.69) is 0 Å². The normalized spacial score (nSPS) is 13.0. The van der Waals surface area contributed by atoms with Crippen molar-refractivity contribution in [3.8, 4) is 0 Å². The van der Waals surface area contributed by atoms with Crippen molar-refractivity contribution in [3.05, 3.63) is 65.2 Å². The molecule has 0 spiro atoms. The van der Waals surface area contributed by atoms with E-state index >= 15 is 0 Å². The number of fused-ring (bicyclic) bond motifs is 1. The number of carbonyl (C=O) groups excluding carboxylic acids is 4. The van der Waals surface area contributed by atoms with E-state index in [4.69, 9.17) is 4.74 Å². The molecule has 24 heavy (non-hydrogen) atoms. The number of benzene rings is 2. The van der Waals surface area contributed by atoms with E-state index in [0.717, 1.165) is 4.90 Å². The molecule has 2 aromatic rings. The molecular weight excluding hydrogens is 310 g/mol. The maximum atomic E-state index is 12.5. The Kier molecular flexibility index (Phi) is 3.95. The van der Waals surface area contributed by atoms with Crippen LogP contribution < -0.4 is 4.90 Å². The standard InChI is InChI=1S/C18H13NO5/c1-11(20)10-24-18(23)12-7-8-14-15(9-12)17(22)19(16(14)21)13-5-3-2-4-6-13/h2-9H,10H2,1H3. The van der Waals surface area contributed by atoms with Gasteiger partial charge in [-0.1, -0.05) is 18.2 Å². The molecule has 120 valence electrons. The van der Waals surface area contributed by atoms with E-state index in [0.29, 0.717) is 5.69 Å². The molecule has 1 heterocycles. The van der Waals surface area contributed by atoms with Crippen molar-refractivity contribution in [2.24, 2.45) is 0 Å². The number of carbonyl (C=O) groups is 4. The zero-order chi connectivity index (χ0) is 17.3. The lowest BCUT2D eigenvalue weighted by atomic mass is 10.1. The second kappa shape index (κ2) is 6.08. The summed E-state index contributed by atoms with van der Waals surface area (Å²) in [6, 6.07) is 12.7. The van der Waals surface area contributed by atoms with Crippen molar-refractivity contribution in [3.63, 3.8) is 0 Å². The molecule has 0 saturated carbocycles. The SMILES string of the molecule is CC(=O)COC(=O)c1ccc2c(c1)C(=O)N(c1ccccc1)C2=O. The van der Waals surface area contributed by atoms with Gasteiger partial charge < -0.3 is 4.74 Å². The zero-order valence-corrected chi connectivity index (χ0v) is 12.8. The first-order valence-electron chi connectivity index (χ1n) is 7.23. The Hall–Kier alpha value is -3.28. The molecule has 0 unspecified atom stereocenters. The lowest BCUT2D eigenvalue weighted by molar-refractivity contribution is -0.120. The first-order chi connectivity index (χ1) is 11.5. The summed E-state index contributed by atoms with van der Waals surface area (Å²) in [5.74, 6) is -1.94. The second-order valence-corrected chi connectivity index (χ2v) is 5.32. The van der Waals surface area contributed by atoms with E-state index in [1.165, 1.54) is 25.1 Å². The fourth-order valence-corrected chi connectivity index (χ4v) is 2.43. The van der Waals surface area contributed by atoms with Crippen LogP contribution in [0.5, 0.6) is 0 Å². The van der Waals surface area contributed by atoms with Crippen molar-refractivity contribution in [1.29, 1.82) is 0 Å². The minimum atomic E-state index is -0.716. The molecule has 1 aliphatic rings. The Morgan fingerprint density at radius 2 is 1.62 bits per heavy atom. The van der Waals surface area contributed by atoms with E-state index in [1.54, 1.807) is 30.3 Å². The van der Waals surface area contributed by atoms with Gasteiger partial charge in [-0.05, 0) is 37.3 Å². The highest BCUT2D eigenvalue weighted by atomic mass is 16.5. The Labute approximate surface area is 137 Å². The maximum Gasteiger partial charge on any atom is 0.338 e. The molecule has 2 amide bonds. The van der Waals surface area contributed by atoms with Crippen molar-refractivity contribution >= 4 is 29.3 Å². The van der Waals surface area contributed by atoms with Crippen molar-refractivity contribution in [2.75, 3.05) is 11.5 Å². The number of para-hydroxylation sites is 1. The molecule has 0 saturated heterocycles. The molecule has 3 rings (SSSR count). The van der Waals surface area contributed by atoms with Gasteiger partial charge in [0.15, 0.2) is 5.78 Å². The predicted octanol–water partition coefficient (Wildman–Crippen LogP) is 2.23. The molecule has 6 heteroatoms. The third-order valence-corrected chi connectivity index (χ3v) is 3.54. The summed E-state index contributed by atoms with van der Waals surface area (Å²) in [4.78, 5) is 48.8. The van der Waals surface area contributed by atoms with Gasteiger partial charge in [0.05, 0.1) is 22.4 Å². The van der Waals surface area contributed by atoms with Crippen molar-refractivity contribution in [2.45, 2.75) is 6.92 Å². The summed E-state index contributed by atoms with van der Waals surface area (Å²) in [6.07, 6.45) is 0. The van der Waals surface area contributed by atoms with Crippen molar-refractivity contribution < 1.29 is 23.9 Å². The highest BCUT2D eigenvalue weighted by molar-refractivity contribution is 6.34. The predicted molar refractivity (Wildman–Crippen MR) is 85.0 cm³/mol. The molecule has 6 nitrogen and oxygen atoms in total. The fraction of sp³-hybridized carbons (Fsp3) is 0.111. The second-order valence-electron chi connectivity index (χ2n) is 5.32. The number of imide groups is 1. The fourth-order valence-electron chi connectivity index (χ4n) is 2.43. The summed E-state index contributed by atoms with van der Waals surface area (Å²) >= 11 is 0. The highest BCUT2D eigenvalue weighted by Gasteiger charge is 2.37. The Balaban J connectivity index is 1.92. The van der Waals surface area contributed by atoms with Gasteiger partial charge >= 0.3 is 5.97 Å². The number of hydrogen-bond donors (Lipinski definition) is 0. The van der Waals surface area contributed by atoms with Crippen LogP contribution in [0.15, 0.2) is 48.5 Å². The van der Waals surface area contributed by atoms with Crippen LogP contribution in [0.1, 0.15) is 38.0 Å². The largest absolute Gasteiger partial charge is 0.454 e. The number of ketones is 1. The molecule has 0 aromatic heterocycles. The number of rotatable bonds is 4. The monoisotopic (exact) mass is 323 g/mol. The molecule has 0 bridgehead atoms. The van der Waals surface area contributed by atoms with E-state index in [-0.39, 0.29) is 29.1 Å². The van der Waals surface area contributed by atoms with E-state index in [9.17, 15) is 19.2 Å². The number of Topliss-reactive ketones (excluding diaryl/α,β-unsaturated/α-hetero) is 1. The van der Waals surface area contributed by atoms with Gasteiger partial charge in [0, 0.05) is 0 Å². The van der Waals surface area contributed by atoms with Gasteiger partial charge in [-0.15, -0.1) is 0 Å². The van der Waals surface area contributed by atoms with Gasteiger partial charge in [0.1, 0.15) is 6.61 Å². The molecule has 0 aliphatic carbocycles. The number of amides is 2. The summed E-state index contributed by atoms with van der Waals surface area (Å²) in [6.45, 7) is 0.967. The van der Waals surface area contributed by atoms with Crippen LogP contribution in [0.4, 0.5) is 5.69 Å². The van der Waals surface area contributed by atoms with Crippen molar-refractivity contribution in [1.82, 2.24) is 0 Å². The van der Waals surface area contributed by atoms with Crippen LogP contribution in [0.3, 0.4) is 0 Å². The molecular formula is C18H13NO5. The zero-order valence-electron chi connectivity index (χ0n) is 12.8. The summed E-state index contributed by atoms with van der Waals surface area (Å²) in [7, 11) is 0. The topological polar surface area (TPSA) is 80.8 Å². The quantitative estimate of drug-likeness (QED) is 0.636. The number of ether oxygens (including phenoxy) is 1. The average Bonchev–Trinajstić information content (AvgIpc) is 2.84. The summed E-state index contributed by atoms with van der Waals surface area (Å²) in [5, 5.41) is 0. The molecule has 0 atom stereocenters. The van der Waals surface area contributed by atoms with E-state index < -0.39 is 17.8 Å². The highest BCUT2D eigenvalue weighted by Crippen LogP contribution is 2.29. The third-order valence-electron chi connectivity index (χ3n) is 3.54. The lowest BCUT2D eigenvalue weighted by Gasteiger charge is -2.13. The number of nitrogens with zero attached hydrogens (tertiary/aromatic N) is 1. The molecule has 0 N–H and O–H groups in total. The molecule has 0 radical (unpaired) electrons. The molecule has 1 aliphatic heterocycles. The van der Waals surface area contributed by atoms with Crippen LogP contribution in [0, 0.1) is 0 Å². The minimum Gasteiger partial charge on any atom is -0.454 e. The van der Waals surface area contributed by atoms with Crippen LogP contribution in [-0.2, 0) is 9.53 Å². The van der Waals surface area contributed by atoms with Crippen LogP contribution in [-0.4, -0.2) is 30.2 Å². The Morgan fingerprint density at radius 3 is 2.29 bits per heavy atom. The van der Waals surface area contributed by atoms with Gasteiger partial charge in [-0.25, -0.2) is 9.69 Å².